The van der Waals surface area contributed by atoms with Gasteiger partial charge >= 0.3 is 0 Å². The van der Waals surface area contributed by atoms with E-state index < -0.39 is 0 Å². The Morgan fingerprint density at radius 2 is 1.73 bits per heavy atom. The second kappa shape index (κ2) is 9.84. The Bertz CT molecular complexity index is 1120. The molecular weight excluding hydrogens is 462 g/mol. The minimum Gasteiger partial charge on any atom is -0.354 e. The van der Waals surface area contributed by atoms with Crippen LogP contribution in [-0.4, -0.2) is 82.1 Å². The summed E-state index contributed by atoms with van der Waals surface area (Å²) in [4.78, 5) is 27.8. The number of amides is 1. The van der Waals surface area contributed by atoms with Crippen molar-refractivity contribution in [2.75, 3.05) is 51.1 Å². The van der Waals surface area contributed by atoms with Gasteiger partial charge < -0.3 is 20.1 Å². The van der Waals surface area contributed by atoms with E-state index in [2.05, 4.69) is 30.0 Å². The standard InChI is InChI=1S/C29H43N7O/c37-27-25-16-23-18-31-28(33-26(23)36(25)29(20-32-27)10-2-1-3-11-29)30-17-21-6-8-24(9-7-21)35-14-12-34(13-15-35)19-22-4-5-22/h16,18,21-22,24H,1-15,17,19-20H2,(H,32,37)(H,30,31,33). The SMILES string of the molecule is O=C1NCC2(CCCCC2)n2c1cc1cnc(NCC3CCC(N4CCN(CC5CC5)CC4)CC3)nc12. The van der Waals surface area contributed by atoms with Crippen molar-refractivity contribution in [3.05, 3.63) is 18.0 Å². The number of nitrogens with one attached hydrogen (secondary N) is 2. The van der Waals surface area contributed by atoms with Crippen LogP contribution in [0.3, 0.4) is 0 Å². The highest BCUT2D eigenvalue weighted by Crippen LogP contribution is 2.40. The highest BCUT2D eigenvalue weighted by molar-refractivity contribution is 5.99. The predicted molar refractivity (Wildman–Crippen MR) is 146 cm³/mol. The van der Waals surface area contributed by atoms with E-state index in [1.54, 1.807) is 0 Å². The maximum absolute atomic E-state index is 12.7. The fourth-order valence-electron chi connectivity index (χ4n) is 7.67. The van der Waals surface area contributed by atoms with Crippen LogP contribution >= 0.6 is 0 Å². The molecule has 3 aliphatic carbocycles. The lowest BCUT2D eigenvalue weighted by Crippen LogP contribution is -2.52. The fraction of sp³-hybridized carbons (Fsp3) is 0.759. The van der Waals surface area contributed by atoms with Crippen molar-refractivity contribution in [2.24, 2.45) is 11.8 Å². The number of piperazine rings is 1. The van der Waals surface area contributed by atoms with E-state index in [4.69, 9.17) is 4.98 Å². The van der Waals surface area contributed by atoms with Gasteiger partial charge in [0.25, 0.3) is 5.91 Å². The Hall–Kier alpha value is -2.19. The molecule has 4 fully saturated rings. The zero-order valence-corrected chi connectivity index (χ0v) is 22.3. The average molecular weight is 506 g/mol. The second-order valence-electron chi connectivity index (χ2n) is 12.6. The van der Waals surface area contributed by atoms with Crippen molar-refractivity contribution in [2.45, 2.75) is 82.2 Å². The van der Waals surface area contributed by atoms with E-state index in [1.807, 2.05) is 12.3 Å². The van der Waals surface area contributed by atoms with Crippen molar-refractivity contribution in [3.63, 3.8) is 0 Å². The van der Waals surface area contributed by atoms with Gasteiger partial charge in [0.15, 0.2) is 0 Å². The largest absolute Gasteiger partial charge is 0.354 e. The van der Waals surface area contributed by atoms with Gasteiger partial charge in [-0.3, -0.25) is 9.69 Å². The van der Waals surface area contributed by atoms with Crippen LogP contribution in [0.5, 0.6) is 0 Å². The molecule has 2 aromatic heterocycles. The molecule has 2 aromatic rings. The maximum Gasteiger partial charge on any atom is 0.268 e. The van der Waals surface area contributed by atoms with Crippen LogP contribution in [0.15, 0.2) is 12.3 Å². The highest BCUT2D eigenvalue weighted by Gasteiger charge is 2.41. The summed E-state index contributed by atoms with van der Waals surface area (Å²) < 4.78 is 2.27. The molecule has 37 heavy (non-hydrogen) atoms. The number of carbonyl (C=O) groups is 1. The van der Waals surface area contributed by atoms with Crippen LogP contribution in [0.25, 0.3) is 11.0 Å². The summed E-state index contributed by atoms with van der Waals surface area (Å²) in [5, 5.41) is 7.70. The summed E-state index contributed by atoms with van der Waals surface area (Å²) in [5.74, 6) is 2.42. The van der Waals surface area contributed by atoms with Gasteiger partial charge in [-0.2, -0.15) is 4.98 Å². The number of nitrogens with zero attached hydrogens (tertiary/aromatic N) is 5. The smallest absolute Gasteiger partial charge is 0.268 e. The normalized spacial score (nSPS) is 28.8. The molecule has 1 saturated heterocycles. The van der Waals surface area contributed by atoms with Crippen LogP contribution in [0.2, 0.25) is 0 Å². The zero-order chi connectivity index (χ0) is 24.8. The van der Waals surface area contributed by atoms with E-state index in [0.29, 0.717) is 18.4 Å². The molecule has 0 aromatic carbocycles. The minimum absolute atomic E-state index is 0.0183. The number of hydrogen-bond acceptors (Lipinski definition) is 6. The van der Waals surface area contributed by atoms with Gasteiger partial charge in [-0.15, -0.1) is 0 Å². The van der Waals surface area contributed by atoms with E-state index in [0.717, 1.165) is 48.1 Å². The van der Waals surface area contributed by atoms with Gasteiger partial charge in [0.1, 0.15) is 11.3 Å². The van der Waals surface area contributed by atoms with E-state index in [1.165, 1.54) is 90.5 Å². The van der Waals surface area contributed by atoms with E-state index in [-0.39, 0.29) is 11.4 Å². The van der Waals surface area contributed by atoms with Crippen molar-refractivity contribution in [3.8, 4) is 0 Å². The third kappa shape index (κ3) is 4.76. The average Bonchev–Trinajstić information content (AvgIpc) is 3.67. The lowest BCUT2D eigenvalue weighted by Gasteiger charge is -2.43. The molecule has 5 aliphatic rings. The second-order valence-corrected chi connectivity index (χ2v) is 12.6. The summed E-state index contributed by atoms with van der Waals surface area (Å²) in [6, 6.07) is 2.76. The summed E-state index contributed by atoms with van der Waals surface area (Å²) >= 11 is 0. The first-order chi connectivity index (χ1) is 18.2. The van der Waals surface area contributed by atoms with Crippen LogP contribution < -0.4 is 10.6 Å². The maximum atomic E-state index is 12.7. The summed E-state index contributed by atoms with van der Waals surface area (Å²) in [6.45, 7) is 8.06. The number of hydrogen-bond donors (Lipinski definition) is 2. The molecule has 1 spiro atoms. The van der Waals surface area contributed by atoms with Gasteiger partial charge in [-0.1, -0.05) is 19.3 Å². The lowest BCUT2D eigenvalue weighted by atomic mass is 9.80. The van der Waals surface area contributed by atoms with Crippen molar-refractivity contribution in [1.82, 2.24) is 29.7 Å². The molecule has 0 radical (unpaired) electrons. The molecule has 0 unspecified atom stereocenters. The van der Waals surface area contributed by atoms with E-state index in [9.17, 15) is 4.79 Å². The summed E-state index contributed by atoms with van der Waals surface area (Å²) in [5.41, 5.74) is 1.64. The van der Waals surface area contributed by atoms with Crippen molar-refractivity contribution < 1.29 is 4.79 Å². The van der Waals surface area contributed by atoms with Crippen LogP contribution in [0.4, 0.5) is 5.95 Å². The minimum atomic E-state index is -0.0311. The van der Waals surface area contributed by atoms with Gasteiger partial charge in [0, 0.05) is 63.4 Å². The quantitative estimate of drug-likeness (QED) is 0.621. The molecule has 7 rings (SSSR count). The Morgan fingerprint density at radius 1 is 0.973 bits per heavy atom. The van der Waals surface area contributed by atoms with E-state index >= 15 is 0 Å². The Labute approximate surface area is 220 Å². The lowest BCUT2D eigenvalue weighted by molar-refractivity contribution is 0.0696. The third-order valence-corrected chi connectivity index (χ3v) is 10.1. The molecule has 8 heteroatoms. The monoisotopic (exact) mass is 505 g/mol. The summed E-state index contributed by atoms with van der Waals surface area (Å²) in [6.07, 6.45) is 15.9. The molecule has 0 bridgehead atoms. The molecule has 3 saturated carbocycles. The van der Waals surface area contributed by atoms with Crippen molar-refractivity contribution >= 4 is 22.9 Å². The first-order valence-corrected chi connectivity index (χ1v) is 15.0. The molecule has 1 amide bonds. The van der Waals surface area contributed by atoms with Gasteiger partial charge in [0.2, 0.25) is 5.95 Å². The number of rotatable bonds is 6. The number of anilines is 1. The highest BCUT2D eigenvalue weighted by atomic mass is 16.2. The molecule has 2 aliphatic heterocycles. The zero-order valence-electron chi connectivity index (χ0n) is 22.3. The topological polar surface area (TPSA) is 78.3 Å². The number of carbonyl (C=O) groups excluding carboxylic acids is 1. The molecule has 200 valence electrons. The molecule has 8 nitrogen and oxygen atoms in total. The predicted octanol–water partition coefficient (Wildman–Crippen LogP) is 3.83. The summed E-state index contributed by atoms with van der Waals surface area (Å²) in [7, 11) is 0. The van der Waals surface area contributed by atoms with Gasteiger partial charge in [-0.25, -0.2) is 4.98 Å². The fourth-order valence-corrected chi connectivity index (χ4v) is 7.67. The van der Waals surface area contributed by atoms with Gasteiger partial charge in [-0.05, 0) is 69.3 Å². The Kier molecular flexibility index (Phi) is 6.36. The van der Waals surface area contributed by atoms with Crippen LogP contribution in [0.1, 0.15) is 81.1 Å². The van der Waals surface area contributed by atoms with Crippen LogP contribution in [0, 0.1) is 11.8 Å². The third-order valence-electron chi connectivity index (χ3n) is 10.1. The molecule has 2 N–H and O–H groups in total. The van der Waals surface area contributed by atoms with Crippen LogP contribution in [-0.2, 0) is 5.54 Å². The first-order valence-electron chi connectivity index (χ1n) is 15.0. The first kappa shape index (κ1) is 23.9. The van der Waals surface area contributed by atoms with Crippen molar-refractivity contribution in [1.29, 1.82) is 0 Å². The molecule has 0 atom stereocenters. The Morgan fingerprint density at radius 3 is 2.49 bits per heavy atom. The number of fused-ring (bicyclic) bond motifs is 4. The Balaban J connectivity index is 0.967. The molecular formula is C29H43N7O. The molecule has 4 heterocycles. The van der Waals surface area contributed by atoms with Gasteiger partial charge in [0.05, 0.1) is 5.54 Å². The number of aromatic nitrogens is 3.